The lowest BCUT2D eigenvalue weighted by Gasteiger charge is -2.05. The van der Waals surface area contributed by atoms with Crippen molar-refractivity contribution < 1.29 is 0 Å². The molecule has 0 fully saturated rings. The Kier molecular flexibility index (Phi) is 3.56. The lowest BCUT2D eigenvalue weighted by atomic mass is 10.3. The number of aryl methyl sites for hydroxylation is 1. The molecule has 0 radical (unpaired) electrons. The van der Waals surface area contributed by atoms with Crippen molar-refractivity contribution in [3.8, 4) is 0 Å². The van der Waals surface area contributed by atoms with Gasteiger partial charge in [0.1, 0.15) is 4.60 Å². The van der Waals surface area contributed by atoms with Crippen LogP contribution in [0.3, 0.4) is 0 Å². The molecule has 0 saturated heterocycles. The summed E-state index contributed by atoms with van der Waals surface area (Å²) in [4.78, 5) is 4.15. The van der Waals surface area contributed by atoms with Crippen molar-refractivity contribution >= 4 is 21.6 Å². The maximum atomic E-state index is 4.22. The van der Waals surface area contributed by atoms with Crippen LogP contribution in [0.15, 0.2) is 35.3 Å². The van der Waals surface area contributed by atoms with Crippen LogP contribution in [0.1, 0.15) is 12.5 Å². The predicted molar refractivity (Wildman–Crippen MR) is 67.2 cm³/mol. The van der Waals surface area contributed by atoms with Crippen LogP contribution in [-0.2, 0) is 13.1 Å². The summed E-state index contributed by atoms with van der Waals surface area (Å²) >= 11 is 3.39. The molecule has 4 nitrogen and oxygen atoms in total. The minimum atomic E-state index is 0.754. The number of hydrogen-bond donors (Lipinski definition) is 1. The van der Waals surface area contributed by atoms with Crippen molar-refractivity contribution in [3.63, 3.8) is 0 Å². The van der Waals surface area contributed by atoms with E-state index < -0.39 is 0 Å². The maximum Gasteiger partial charge on any atom is 0.129 e. The summed E-state index contributed by atoms with van der Waals surface area (Å²) < 4.78 is 2.74. The van der Waals surface area contributed by atoms with E-state index in [1.54, 1.807) is 6.20 Å². The molecule has 0 bridgehead atoms. The summed E-state index contributed by atoms with van der Waals surface area (Å²) in [6, 6.07) is 3.89. The van der Waals surface area contributed by atoms with Gasteiger partial charge in [-0.3, -0.25) is 4.68 Å². The minimum absolute atomic E-state index is 0.754. The predicted octanol–water partition coefficient (Wildman–Crippen LogP) is 2.67. The smallest absolute Gasteiger partial charge is 0.129 e. The van der Waals surface area contributed by atoms with Crippen molar-refractivity contribution in [1.29, 1.82) is 0 Å². The van der Waals surface area contributed by atoms with Gasteiger partial charge in [-0.25, -0.2) is 4.98 Å². The normalized spacial score (nSPS) is 10.4. The summed E-state index contributed by atoms with van der Waals surface area (Å²) in [6.07, 6.45) is 5.67. The fourth-order valence-corrected chi connectivity index (χ4v) is 1.78. The third-order valence-electron chi connectivity index (χ3n) is 2.25. The van der Waals surface area contributed by atoms with Crippen LogP contribution in [-0.4, -0.2) is 14.8 Å². The molecule has 0 aliphatic rings. The third kappa shape index (κ3) is 2.61. The third-order valence-corrected chi connectivity index (χ3v) is 2.88. The Morgan fingerprint density at radius 3 is 3.06 bits per heavy atom. The first-order chi connectivity index (χ1) is 7.79. The van der Waals surface area contributed by atoms with Gasteiger partial charge in [0.2, 0.25) is 0 Å². The Hall–Kier alpha value is -1.36. The summed E-state index contributed by atoms with van der Waals surface area (Å²) in [7, 11) is 0. The Morgan fingerprint density at radius 2 is 2.38 bits per heavy atom. The lowest BCUT2D eigenvalue weighted by molar-refractivity contribution is 0.659. The first-order valence-corrected chi connectivity index (χ1v) is 5.94. The topological polar surface area (TPSA) is 42.7 Å². The molecule has 2 aromatic heterocycles. The molecular weight excluding hydrogens is 268 g/mol. The molecule has 2 rings (SSSR count). The van der Waals surface area contributed by atoms with E-state index in [0.29, 0.717) is 0 Å². The van der Waals surface area contributed by atoms with Crippen LogP contribution in [0.2, 0.25) is 0 Å². The number of anilines is 1. The summed E-state index contributed by atoms with van der Waals surface area (Å²) in [5.41, 5.74) is 2.16. The zero-order chi connectivity index (χ0) is 11.4. The van der Waals surface area contributed by atoms with Gasteiger partial charge in [-0.2, -0.15) is 5.10 Å². The van der Waals surface area contributed by atoms with Gasteiger partial charge in [-0.15, -0.1) is 0 Å². The Bertz CT molecular complexity index is 467. The van der Waals surface area contributed by atoms with E-state index in [0.717, 1.165) is 28.9 Å². The van der Waals surface area contributed by atoms with Gasteiger partial charge >= 0.3 is 0 Å². The highest BCUT2D eigenvalue weighted by atomic mass is 79.9. The fourth-order valence-electron chi connectivity index (χ4n) is 1.39. The van der Waals surface area contributed by atoms with E-state index in [9.17, 15) is 0 Å². The average molecular weight is 281 g/mol. The Balaban J connectivity index is 1.99. The minimum Gasteiger partial charge on any atom is -0.379 e. The van der Waals surface area contributed by atoms with E-state index in [4.69, 9.17) is 0 Å². The van der Waals surface area contributed by atoms with E-state index in [1.807, 2.05) is 29.2 Å². The zero-order valence-electron chi connectivity index (χ0n) is 9.02. The Labute approximate surface area is 103 Å². The summed E-state index contributed by atoms with van der Waals surface area (Å²) in [5, 5.41) is 7.52. The van der Waals surface area contributed by atoms with Crippen molar-refractivity contribution in [2.24, 2.45) is 0 Å². The molecule has 5 heteroatoms. The quantitative estimate of drug-likeness (QED) is 0.876. The molecule has 16 heavy (non-hydrogen) atoms. The average Bonchev–Trinajstić information content (AvgIpc) is 2.76. The van der Waals surface area contributed by atoms with Crippen molar-refractivity contribution in [2.75, 3.05) is 5.32 Å². The molecule has 0 saturated carbocycles. The molecule has 0 aliphatic heterocycles. The molecule has 1 N–H and O–H groups in total. The maximum absolute atomic E-state index is 4.22. The van der Waals surface area contributed by atoms with Gasteiger partial charge in [-0.05, 0) is 35.0 Å². The van der Waals surface area contributed by atoms with Gasteiger partial charge in [0.25, 0.3) is 0 Å². The second kappa shape index (κ2) is 5.12. The number of nitrogens with one attached hydrogen (secondary N) is 1. The zero-order valence-corrected chi connectivity index (χ0v) is 10.6. The van der Waals surface area contributed by atoms with E-state index in [1.165, 1.54) is 0 Å². The van der Waals surface area contributed by atoms with Crippen LogP contribution in [0, 0.1) is 0 Å². The standard InChI is InChI=1S/C11H13BrN4/c1-2-16-8-9(7-15-16)6-14-10-4-3-5-13-11(10)12/h3-5,7-8,14H,2,6H2,1H3. The van der Waals surface area contributed by atoms with E-state index in [2.05, 4.69) is 38.3 Å². The molecule has 0 aliphatic carbocycles. The number of halogens is 1. The Morgan fingerprint density at radius 1 is 1.50 bits per heavy atom. The van der Waals surface area contributed by atoms with E-state index >= 15 is 0 Å². The number of pyridine rings is 1. The van der Waals surface area contributed by atoms with Crippen molar-refractivity contribution in [1.82, 2.24) is 14.8 Å². The highest BCUT2D eigenvalue weighted by Gasteiger charge is 2.00. The first-order valence-electron chi connectivity index (χ1n) is 5.15. The van der Waals surface area contributed by atoms with Crippen LogP contribution < -0.4 is 5.32 Å². The van der Waals surface area contributed by atoms with Crippen LogP contribution >= 0.6 is 15.9 Å². The van der Waals surface area contributed by atoms with Gasteiger partial charge in [0.05, 0.1) is 11.9 Å². The highest BCUT2D eigenvalue weighted by Crippen LogP contribution is 2.18. The molecular formula is C11H13BrN4. The van der Waals surface area contributed by atoms with Gasteiger partial charge in [-0.1, -0.05) is 0 Å². The molecule has 0 aromatic carbocycles. The molecule has 0 atom stereocenters. The first kappa shape index (κ1) is 11.1. The largest absolute Gasteiger partial charge is 0.379 e. The molecule has 2 heterocycles. The molecule has 0 unspecified atom stereocenters. The molecule has 0 amide bonds. The SMILES string of the molecule is CCn1cc(CNc2cccnc2Br)cn1. The van der Waals surface area contributed by atoms with Crippen molar-refractivity contribution in [2.45, 2.75) is 20.0 Å². The van der Waals surface area contributed by atoms with Crippen molar-refractivity contribution in [3.05, 3.63) is 40.9 Å². The molecule has 2 aromatic rings. The molecule has 84 valence electrons. The fraction of sp³-hybridized carbons (Fsp3) is 0.273. The monoisotopic (exact) mass is 280 g/mol. The second-order valence-electron chi connectivity index (χ2n) is 3.40. The lowest BCUT2D eigenvalue weighted by Crippen LogP contribution is -2.00. The molecule has 0 spiro atoms. The number of rotatable bonds is 4. The second-order valence-corrected chi connectivity index (χ2v) is 4.15. The summed E-state index contributed by atoms with van der Waals surface area (Å²) in [6.45, 7) is 3.72. The van der Waals surface area contributed by atoms with E-state index in [-0.39, 0.29) is 0 Å². The van der Waals surface area contributed by atoms with Crippen LogP contribution in [0.25, 0.3) is 0 Å². The number of nitrogens with zero attached hydrogens (tertiary/aromatic N) is 3. The van der Waals surface area contributed by atoms with Crippen LogP contribution in [0.4, 0.5) is 5.69 Å². The summed E-state index contributed by atoms with van der Waals surface area (Å²) in [5.74, 6) is 0. The highest BCUT2D eigenvalue weighted by molar-refractivity contribution is 9.10. The van der Waals surface area contributed by atoms with Crippen LogP contribution in [0.5, 0.6) is 0 Å². The number of aromatic nitrogens is 3. The van der Waals surface area contributed by atoms with Gasteiger partial charge in [0, 0.05) is 31.0 Å². The van der Waals surface area contributed by atoms with Gasteiger partial charge in [0.15, 0.2) is 0 Å². The number of hydrogen-bond acceptors (Lipinski definition) is 3. The van der Waals surface area contributed by atoms with Gasteiger partial charge < -0.3 is 5.32 Å².